The van der Waals surface area contributed by atoms with Gasteiger partial charge in [-0.05, 0) is 19.1 Å². The maximum atomic E-state index is 9.01. The zero-order valence-electron chi connectivity index (χ0n) is 10.5. The summed E-state index contributed by atoms with van der Waals surface area (Å²) in [7, 11) is 0. The van der Waals surface area contributed by atoms with Gasteiger partial charge in [0, 0.05) is 23.5 Å². The predicted octanol–water partition coefficient (Wildman–Crippen LogP) is 2.77. The largest absolute Gasteiger partial charge is 0.237 e. The van der Waals surface area contributed by atoms with Gasteiger partial charge in [-0.1, -0.05) is 23.8 Å². The number of hydrogen-bond donors (Lipinski definition) is 0. The first-order chi connectivity index (χ1) is 9.29. The van der Waals surface area contributed by atoms with Crippen LogP contribution in [-0.4, -0.2) is 14.6 Å². The summed E-state index contributed by atoms with van der Waals surface area (Å²) in [5.41, 5.74) is 4.67. The van der Waals surface area contributed by atoms with Gasteiger partial charge in [0.15, 0.2) is 5.65 Å². The van der Waals surface area contributed by atoms with Gasteiger partial charge in [0.25, 0.3) is 0 Å². The summed E-state index contributed by atoms with van der Waals surface area (Å²) >= 11 is 0. The molecule has 19 heavy (non-hydrogen) atoms. The summed E-state index contributed by atoms with van der Waals surface area (Å²) in [6, 6.07) is 12.1. The molecular formula is C15H12N4. The van der Waals surface area contributed by atoms with Crippen molar-refractivity contribution in [1.29, 1.82) is 5.26 Å². The Morgan fingerprint density at radius 1 is 1.32 bits per heavy atom. The van der Waals surface area contributed by atoms with Crippen LogP contribution in [0, 0.1) is 18.3 Å². The Hall–Kier alpha value is -2.67. The van der Waals surface area contributed by atoms with Gasteiger partial charge in [-0.25, -0.2) is 9.50 Å². The molecule has 3 aromatic rings. The number of nitrogens with zero attached hydrogens (tertiary/aromatic N) is 4. The second-order valence-corrected chi connectivity index (χ2v) is 4.42. The highest BCUT2D eigenvalue weighted by Crippen LogP contribution is 2.26. The van der Waals surface area contributed by atoms with Crippen molar-refractivity contribution < 1.29 is 0 Å². The molecule has 0 saturated heterocycles. The van der Waals surface area contributed by atoms with E-state index in [0.29, 0.717) is 6.42 Å². The van der Waals surface area contributed by atoms with Crippen LogP contribution in [0.4, 0.5) is 0 Å². The fourth-order valence-electron chi connectivity index (χ4n) is 2.20. The van der Waals surface area contributed by atoms with Crippen molar-refractivity contribution in [3.8, 4) is 17.3 Å². The molecule has 2 aromatic heterocycles. The second kappa shape index (κ2) is 4.54. The molecule has 0 aliphatic rings. The smallest absolute Gasteiger partial charge is 0.159 e. The van der Waals surface area contributed by atoms with Gasteiger partial charge in [0.1, 0.15) is 0 Å². The monoisotopic (exact) mass is 248 g/mol. The highest BCUT2D eigenvalue weighted by atomic mass is 15.2. The Balaban J connectivity index is 2.28. The number of aromatic nitrogens is 3. The number of rotatable bonds is 2. The first-order valence-corrected chi connectivity index (χ1v) is 6.06. The summed E-state index contributed by atoms with van der Waals surface area (Å²) in [5.74, 6) is 0. The van der Waals surface area contributed by atoms with E-state index >= 15 is 0 Å². The molecule has 92 valence electrons. The number of aryl methyl sites for hydroxylation is 1. The minimum Gasteiger partial charge on any atom is -0.237 e. The number of fused-ring (bicyclic) bond motifs is 1. The summed E-state index contributed by atoms with van der Waals surface area (Å²) in [5, 5.41) is 13.6. The molecule has 4 nitrogen and oxygen atoms in total. The zero-order chi connectivity index (χ0) is 13.2. The van der Waals surface area contributed by atoms with Gasteiger partial charge >= 0.3 is 0 Å². The molecule has 2 heterocycles. The molecule has 0 amide bonds. The number of nitriles is 1. The molecule has 4 heteroatoms. The third-order valence-electron chi connectivity index (χ3n) is 3.04. The molecule has 0 spiro atoms. The topological polar surface area (TPSA) is 54.0 Å². The summed E-state index contributed by atoms with van der Waals surface area (Å²) in [6.45, 7) is 2.04. The van der Waals surface area contributed by atoms with E-state index in [1.54, 1.807) is 10.7 Å². The third kappa shape index (κ3) is 1.95. The van der Waals surface area contributed by atoms with Crippen LogP contribution in [0.1, 0.15) is 11.1 Å². The van der Waals surface area contributed by atoms with Crippen molar-refractivity contribution in [2.75, 3.05) is 0 Å². The lowest BCUT2D eigenvalue weighted by Crippen LogP contribution is -1.88. The fraction of sp³-hybridized carbons (Fsp3) is 0.133. The maximum absolute atomic E-state index is 9.01. The standard InChI is InChI=1S/C15H12N4/c1-11-4-2-5-12(10-11)14-13(6-7-16)15-17-8-3-9-19(15)18-14/h2-5,8-10H,6H2,1H3. The van der Waals surface area contributed by atoms with Crippen LogP contribution in [-0.2, 0) is 6.42 Å². The minimum atomic E-state index is 0.309. The summed E-state index contributed by atoms with van der Waals surface area (Å²) in [6.07, 6.45) is 3.88. The fourth-order valence-corrected chi connectivity index (χ4v) is 2.20. The molecule has 0 aliphatic heterocycles. The normalized spacial score (nSPS) is 10.5. The second-order valence-electron chi connectivity index (χ2n) is 4.42. The molecule has 0 fully saturated rings. The zero-order valence-corrected chi connectivity index (χ0v) is 10.5. The highest BCUT2D eigenvalue weighted by molar-refractivity contribution is 5.71. The molecule has 0 saturated carbocycles. The lowest BCUT2D eigenvalue weighted by Gasteiger charge is -2.00. The molecule has 0 unspecified atom stereocenters. The van der Waals surface area contributed by atoms with Crippen molar-refractivity contribution in [3.05, 3.63) is 53.9 Å². The van der Waals surface area contributed by atoms with Crippen molar-refractivity contribution in [3.63, 3.8) is 0 Å². The van der Waals surface area contributed by atoms with Gasteiger partial charge in [-0.15, -0.1) is 0 Å². The average molecular weight is 248 g/mol. The van der Waals surface area contributed by atoms with Crippen LogP contribution in [0.15, 0.2) is 42.7 Å². The first kappa shape index (κ1) is 11.4. The first-order valence-electron chi connectivity index (χ1n) is 6.06. The van der Waals surface area contributed by atoms with Crippen LogP contribution < -0.4 is 0 Å². The summed E-state index contributed by atoms with van der Waals surface area (Å²) < 4.78 is 1.73. The minimum absolute atomic E-state index is 0.309. The van der Waals surface area contributed by atoms with Crippen LogP contribution in [0.3, 0.4) is 0 Å². The van der Waals surface area contributed by atoms with E-state index < -0.39 is 0 Å². The van der Waals surface area contributed by atoms with Gasteiger partial charge in [0.05, 0.1) is 18.2 Å². The Bertz CT molecular complexity index is 780. The van der Waals surface area contributed by atoms with Crippen molar-refractivity contribution in [1.82, 2.24) is 14.6 Å². The molecule has 0 radical (unpaired) electrons. The van der Waals surface area contributed by atoms with E-state index in [1.165, 1.54) is 5.56 Å². The van der Waals surface area contributed by atoms with Crippen LogP contribution in [0.5, 0.6) is 0 Å². The lowest BCUT2D eigenvalue weighted by atomic mass is 10.0. The lowest BCUT2D eigenvalue weighted by molar-refractivity contribution is 0.943. The Labute approximate surface area is 111 Å². The van der Waals surface area contributed by atoms with Crippen molar-refractivity contribution in [2.24, 2.45) is 0 Å². The predicted molar refractivity (Wildman–Crippen MR) is 72.5 cm³/mol. The molecule has 0 N–H and O–H groups in total. The molecule has 0 atom stereocenters. The van der Waals surface area contributed by atoms with Crippen LogP contribution >= 0.6 is 0 Å². The Morgan fingerprint density at radius 2 is 2.21 bits per heavy atom. The molecular weight excluding hydrogens is 236 g/mol. The van der Waals surface area contributed by atoms with Crippen molar-refractivity contribution >= 4 is 5.65 Å². The van der Waals surface area contributed by atoms with E-state index in [0.717, 1.165) is 22.5 Å². The Kier molecular flexibility index (Phi) is 2.73. The number of hydrogen-bond acceptors (Lipinski definition) is 3. The maximum Gasteiger partial charge on any atom is 0.159 e. The van der Waals surface area contributed by atoms with E-state index in [1.807, 2.05) is 37.4 Å². The molecule has 3 rings (SSSR count). The van der Waals surface area contributed by atoms with Gasteiger partial charge in [-0.2, -0.15) is 10.4 Å². The van der Waals surface area contributed by atoms with Crippen LogP contribution in [0.25, 0.3) is 16.9 Å². The molecule has 0 bridgehead atoms. The number of benzene rings is 1. The van der Waals surface area contributed by atoms with Crippen LogP contribution in [0.2, 0.25) is 0 Å². The van der Waals surface area contributed by atoms with E-state index in [9.17, 15) is 0 Å². The van der Waals surface area contributed by atoms with E-state index in [4.69, 9.17) is 5.26 Å². The quantitative estimate of drug-likeness (QED) is 0.700. The summed E-state index contributed by atoms with van der Waals surface area (Å²) in [4.78, 5) is 4.32. The van der Waals surface area contributed by atoms with Gasteiger partial charge < -0.3 is 0 Å². The van der Waals surface area contributed by atoms with E-state index in [2.05, 4.69) is 22.2 Å². The van der Waals surface area contributed by atoms with E-state index in [-0.39, 0.29) is 0 Å². The van der Waals surface area contributed by atoms with Crippen molar-refractivity contribution in [2.45, 2.75) is 13.3 Å². The molecule has 0 aliphatic carbocycles. The van der Waals surface area contributed by atoms with Gasteiger partial charge in [-0.3, -0.25) is 0 Å². The molecule has 1 aromatic carbocycles. The highest BCUT2D eigenvalue weighted by Gasteiger charge is 2.14. The third-order valence-corrected chi connectivity index (χ3v) is 3.04. The average Bonchev–Trinajstić information content (AvgIpc) is 2.79. The Morgan fingerprint density at radius 3 is 3.00 bits per heavy atom. The van der Waals surface area contributed by atoms with Gasteiger partial charge in [0.2, 0.25) is 0 Å². The SMILES string of the molecule is Cc1cccc(-c2nn3cccnc3c2CC#N)c1.